The minimum absolute atomic E-state index is 0.0389. The highest BCUT2D eigenvalue weighted by Crippen LogP contribution is 2.35. The lowest BCUT2D eigenvalue weighted by Crippen LogP contribution is -2.12. The van der Waals surface area contributed by atoms with E-state index in [4.69, 9.17) is 5.73 Å². The highest BCUT2D eigenvalue weighted by Gasteiger charge is 2.24. The Hall–Kier alpha value is -0.985. The van der Waals surface area contributed by atoms with E-state index in [1.54, 1.807) is 6.20 Å². The van der Waals surface area contributed by atoms with E-state index in [-0.39, 0.29) is 5.41 Å². The van der Waals surface area contributed by atoms with E-state index >= 15 is 0 Å². The van der Waals surface area contributed by atoms with Gasteiger partial charge in [-0.05, 0) is 12.3 Å². The average Bonchev–Trinajstić information content (AvgIpc) is 2.86. The van der Waals surface area contributed by atoms with Crippen LogP contribution in [0.15, 0.2) is 29.5 Å². The molecule has 2 N–H and O–H groups in total. The van der Waals surface area contributed by atoms with Gasteiger partial charge in [-0.1, -0.05) is 46.0 Å². The lowest BCUT2D eigenvalue weighted by molar-refractivity contribution is 0.501. The maximum atomic E-state index is 5.42. The lowest BCUT2D eigenvalue weighted by atomic mass is 9.66. The molecule has 2 nitrogen and oxygen atoms in total. The summed E-state index contributed by atoms with van der Waals surface area (Å²) in [5, 5.41) is 0. The van der Waals surface area contributed by atoms with Gasteiger partial charge in [0.2, 0.25) is 0 Å². The van der Waals surface area contributed by atoms with Crippen molar-refractivity contribution in [2.75, 3.05) is 0 Å². The third-order valence-corrected chi connectivity index (χ3v) is 2.63. The second kappa shape index (κ2) is 4.69. The minimum atomic E-state index is 0.0389. The second-order valence-corrected chi connectivity index (χ2v) is 5.31. The normalized spacial score (nSPS) is 18.2. The molecule has 0 bridgehead atoms. The molecule has 15 heavy (non-hydrogen) atoms. The van der Waals surface area contributed by atoms with Gasteiger partial charge in [-0.25, -0.2) is 0 Å². The van der Waals surface area contributed by atoms with Gasteiger partial charge in [-0.15, -0.1) is 0 Å². The molecule has 0 aromatic heterocycles. The van der Waals surface area contributed by atoms with Crippen molar-refractivity contribution < 1.29 is 0 Å². The van der Waals surface area contributed by atoms with Gasteiger partial charge in [0.1, 0.15) is 0 Å². The molecule has 0 atom stereocenters. The molecule has 1 aliphatic rings. The third kappa shape index (κ3) is 4.37. The fourth-order valence-corrected chi connectivity index (χ4v) is 1.22. The smallest absolute Gasteiger partial charge is 0.185 e. The first-order chi connectivity index (χ1) is 6.93. The van der Waals surface area contributed by atoms with Crippen molar-refractivity contribution in [1.82, 2.24) is 0 Å². The quantitative estimate of drug-likeness (QED) is 0.554. The van der Waals surface area contributed by atoms with Crippen LogP contribution in [0.1, 0.15) is 33.6 Å². The second-order valence-electron chi connectivity index (χ2n) is 5.31. The van der Waals surface area contributed by atoms with Crippen LogP contribution in [0, 0.1) is 5.41 Å². The summed E-state index contributed by atoms with van der Waals surface area (Å²) in [4.78, 5) is 4.57. The fraction of sp³-hybridized carbons (Fsp3) is 0.583. The summed E-state index contributed by atoms with van der Waals surface area (Å²) < 4.78 is 0. The van der Waals surface area contributed by atoms with Crippen molar-refractivity contribution in [3.8, 4) is 0 Å². The Bertz CT molecular complexity index is 293. The summed E-state index contributed by atoms with van der Waals surface area (Å²) in [6.07, 6.45) is 6.13. The summed E-state index contributed by atoms with van der Waals surface area (Å²) in [6.45, 7) is 10.4. The Morgan fingerprint density at radius 1 is 1.47 bits per heavy atom. The molecule has 1 aliphatic carbocycles. The van der Waals surface area contributed by atoms with Crippen LogP contribution in [-0.4, -0.2) is 12.9 Å². The first kappa shape index (κ1) is 12.1. The zero-order valence-electron chi connectivity index (χ0n) is 10.1. The van der Waals surface area contributed by atoms with Gasteiger partial charge in [0, 0.05) is 16.7 Å². The van der Waals surface area contributed by atoms with Crippen molar-refractivity contribution >= 4 is 12.9 Å². The third-order valence-electron chi connectivity index (χ3n) is 2.63. The molecule has 0 heterocycles. The van der Waals surface area contributed by atoms with Crippen LogP contribution < -0.4 is 5.73 Å². The number of hydrogen-bond donors (Lipinski definition) is 1. The van der Waals surface area contributed by atoms with E-state index in [0.29, 0.717) is 0 Å². The van der Waals surface area contributed by atoms with E-state index < -0.39 is 0 Å². The molecular formula is C12H21BN2. The molecule has 0 radical (unpaired) electrons. The largest absolute Gasteiger partial charge is 0.405 e. The van der Waals surface area contributed by atoms with Gasteiger partial charge in [0.15, 0.2) is 7.28 Å². The van der Waals surface area contributed by atoms with Crippen LogP contribution in [0.25, 0.3) is 0 Å². The van der Waals surface area contributed by atoms with E-state index in [1.165, 1.54) is 12.8 Å². The standard InChI is InChI=1S/C12H21BN2/c1-9(12(2,3)4)15-11(7-8-14)13-10-5-6-10/h7-8,10,13H,1,5-6,14H2,2-4H3/b8-7-,15-11+. The van der Waals surface area contributed by atoms with Crippen molar-refractivity contribution in [1.29, 1.82) is 0 Å². The predicted molar refractivity (Wildman–Crippen MR) is 69.5 cm³/mol. The average molecular weight is 204 g/mol. The van der Waals surface area contributed by atoms with Gasteiger partial charge in [0.25, 0.3) is 0 Å². The van der Waals surface area contributed by atoms with Gasteiger partial charge >= 0.3 is 0 Å². The van der Waals surface area contributed by atoms with Crippen LogP contribution in [0.3, 0.4) is 0 Å². The Balaban J connectivity index is 2.68. The van der Waals surface area contributed by atoms with Crippen molar-refractivity contribution in [3.63, 3.8) is 0 Å². The Labute approximate surface area is 93.6 Å². The summed E-state index contributed by atoms with van der Waals surface area (Å²) in [5.74, 6) is 0.827. The molecule has 82 valence electrons. The van der Waals surface area contributed by atoms with E-state index in [9.17, 15) is 0 Å². The van der Waals surface area contributed by atoms with Crippen LogP contribution in [-0.2, 0) is 0 Å². The molecule has 0 aromatic rings. The highest BCUT2D eigenvalue weighted by atomic mass is 14.8. The first-order valence-corrected chi connectivity index (χ1v) is 5.58. The van der Waals surface area contributed by atoms with Gasteiger partial charge in [0.05, 0.1) is 0 Å². The predicted octanol–water partition coefficient (Wildman–Crippen LogP) is 2.44. The Morgan fingerprint density at radius 3 is 2.47 bits per heavy atom. The number of nitrogens with two attached hydrogens (primary N) is 1. The molecule has 0 spiro atoms. The summed E-state index contributed by atoms with van der Waals surface area (Å²) in [6, 6.07) is 0. The number of aliphatic imine (C=N–C) groups is 1. The zero-order chi connectivity index (χ0) is 11.5. The maximum absolute atomic E-state index is 5.42. The number of nitrogens with zero attached hydrogens (tertiary/aromatic N) is 1. The van der Waals surface area contributed by atoms with Crippen LogP contribution in [0.5, 0.6) is 0 Å². The van der Waals surface area contributed by atoms with E-state index in [0.717, 1.165) is 24.4 Å². The van der Waals surface area contributed by atoms with Crippen molar-refractivity contribution in [3.05, 3.63) is 24.6 Å². The summed E-state index contributed by atoms with van der Waals surface area (Å²) >= 11 is 0. The van der Waals surface area contributed by atoms with Crippen molar-refractivity contribution in [2.45, 2.75) is 39.4 Å². The molecule has 0 unspecified atom stereocenters. The first-order valence-electron chi connectivity index (χ1n) is 5.58. The maximum Gasteiger partial charge on any atom is 0.185 e. The van der Waals surface area contributed by atoms with E-state index in [2.05, 4.69) is 32.3 Å². The van der Waals surface area contributed by atoms with Gasteiger partial charge in [-0.2, -0.15) is 0 Å². The molecule has 1 fully saturated rings. The van der Waals surface area contributed by atoms with E-state index in [1.807, 2.05) is 6.08 Å². The molecular weight excluding hydrogens is 183 g/mol. The topological polar surface area (TPSA) is 38.4 Å². The molecule has 0 aromatic carbocycles. The lowest BCUT2D eigenvalue weighted by Gasteiger charge is -2.18. The molecule has 0 saturated heterocycles. The molecule has 0 aliphatic heterocycles. The van der Waals surface area contributed by atoms with Crippen molar-refractivity contribution in [2.24, 2.45) is 16.1 Å². The monoisotopic (exact) mass is 204 g/mol. The molecule has 1 rings (SSSR count). The number of rotatable bonds is 4. The molecule has 1 saturated carbocycles. The molecule has 3 heteroatoms. The van der Waals surface area contributed by atoms with Crippen LogP contribution in [0.2, 0.25) is 5.82 Å². The fourth-order valence-electron chi connectivity index (χ4n) is 1.22. The highest BCUT2D eigenvalue weighted by molar-refractivity contribution is 6.79. The van der Waals surface area contributed by atoms with Crippen LogP contribution >= 0.6 is 0 Å². The zero-order valence-corrected chi connectivity index (χ0v) is 10.1. The van der Waals surface area contributed by atoms with Crippen LogP contribution in [0.4, 0.5) is 0 Å². The number of allylic oxidation sites excluding steroid dienone is 2. The molecule has 0 amide bonds. The van der Waals surface area contributed by atoms with Gasteiger partial charge < -0.3 is 5.73 Å². The Kier molecular flexibility index (Phi) is 3.78. The van der Waals surface area contributed by atoms with Gasteiger partial charge in [-0.3, -0.25) is 4.99 Å². The Morgan fingerprint density at radius 2 is 2.07 bits per heavy atom. The SMILES string of the molecule is C=C(/N=C(BC1CC1)\C=C/N)C(C)(C)C. The number of hydrogen-bond acceptors (Lipinski definition) is 2. The summed E-state index contributed by atoms with van der Waals surface area (Å²) in [7, 11) is 1.04. The summed E-state index contributed by atoms with van der Waals surface area (Å²) in [5.41, 5.74) is 7.45. The minimum Gasteiger partial charge on any atom is -0.405 e.